The second kappa shape index (κ2) is 7.81. The van der Waals surface area contributed by atoms with Gasteiger partial charge in [0.2, 0.25) is 5.91 Å². The van der Waals surface area contributed by atoms with Gasteiger partial charge in [0, 0.05) is 25.5 Å². The number of nitrogens with zero attached hydrogens (tertiary/aromatic N) is 2. The van der Waals surface area contributed by atoms with E-state index >= 15 is 0 Å². The van der Waals surface area contributed by atoms with E-state index in [1.54, 1.807) is 12.3 Å². The van der Waals surface area contributed by atoms with Crippen LogP contribution in [0.4, 0.5) is 0 Å². The van der Waals surface area contributed by atoms with Crippen molar-refractivity contribution in [1.82, 2.24) is 14.9 Å². The van der Waals surface area contributed by atoms with Gasteiger partial charge in [0.25, 0.3) is 0 Å². The lowest BCUT2D eigenvalue weighted by atomic mass is 10.2. The number of hydrogen-bond acceptors (Lipinski definition) is 3. The number of carbonyl (C=O) groups is 1. The average Bonchev–Trinajstić information content (AvgIpc) is 3.23. The zero-order valence-corrected chi connectivity index (χ0v) is 13.9. The van der Waals surface area contributed by atoms with Crippen molar-refractivity contribution >= 4 is 12.0 Å². The first kappa shape index (κ1) is 16.3. The SMILES string of the molecule is Cn1ccnc1CNC(=O)/C=C/c1cccc(OC2CCCC2)c1. The van der Waals surface area contributed by atoms with Crippen LogP contribution in [-0.2, 0) is 18.4 Å². The maximum Gasteiger partial charge on any atom is 0.244 e. The van der Waals surface area contributed by atoms with Crippen molar-refractivity contribution in [2.45, 2.75) is 38.3 Å². The van der Waals surface area contributed by atoms with E-state index < -0.39 is 0 Å². The Morgan fingerprint density at radius 1 is 1.42 bits per heavy atom. The molecule has 2 aromatic rings. The van der Waals surface area contributed by atoms with E-state index in [1.165, 1.54) is 18.9 Å². The fourth-order valence-electron chi connectivity index (χ4n) is 2.85. The molecule has 1 amide bonds. The van der Waals surface area contributed by atoms with Crippen molar-refractivity contribution in [2.24, 2.45) is 7.05 Å². The minimum absolute atomic E-state index is 0.139. The molecular weight excluding hydrogens is 302 g/mol. The molecule has 1 aliphatic rings. The number of hydrogen-bond donors (Lipinski definition) is 1. The lowest BCUT2D eigenvalue weighted by Gasteiger charge is -2.13. The number of carbonyl (C=O) groups excluding carboxylic acids is 1. The van der Waals surface area contributed by atoms with Gasteiger partial charge in [-0.25, -0.2) is 4.98 Å². The van der Waals surface area contributed by atoms with Crippen LogP contribution in [0.1, 0.15) is 37.1 Å². The molecular formula is C19H23N3O2. The van der Waals surface area contributed by atoms with E-state index in [-0.39, 0.29) is 5.91 Å². The minimum atomic E-state index is -0.139. The fourth-order valence-corrected chi connectivity index (χ4v) is 2.85. The number of aryl methyl sites for hydroxylation is 1. The molecule has 0 saturated heterocycles. The van der Waals surface area contributed by atoms with E-state index in [1.807, 2.05) is 42.1 Å². The summed E-state index contributed by atoms with van der Waals surface area (Å²) >= 11 is 0. The van der Waals surface area contributed by atoms with Gasteiger partial charge in [0.15, 0.2) is 0 Å². The van der Waals surface area contributed by atoms with Crippen LogP contribution < -0.4 is 10.1 Å². The van der Waals surface area contributed by atoms with Gasteiger partial charge >= 0.3 is 0 Å². The third kappa shape index (κ3) is 4.47. The molecule has 0 spiro atoms. The second-order valence-corrected chi connectivity index (χ2v) is 6.10. The fraction of sp³-hybridized carbons (Fsp3) is 0.368. The molecule has 1 fully saturated rings. The van der Waals surface area contributed by atoms with Gasteiger partial charge in [-0.3, -0.25) is 4.79 Å². The molecule has 1 saturated carbocycles. The first-order valence-corrected chi connectivity index (χ1v) is 8.39. The number of aromatic nitrogens is 2. The first-order valence-electron chi connectivity index (χ1n) is 8.39. The molecule has 0 unspecified atom stereocenters. The predicted octanol–water partition coefficient (Wildman–Crippen LogP) is 3.07. The Hall–Kier alpha value is -2.56. The summed E-state index contributed by atoms with van der Waals surface area (Å²) in [6.45, 7) is 0.414. The summed E-state index contributed by atoms with van der Waals surface area (Å²) in [4.78, 5) is 16.1. The quantitative estimate of drug-likeness (QED) is 0.831. The molecule has 126 valence electrons. The molecule has 0 atom stereocenters. The highest BCUT2D eigenvalue weighted by Gasteiger charge is 2.16. The van der Waals surface area contributed by atoms with Crippen LogP contribution >= 0.6 is 0 Å². The molecule has 5 nitrogen and oxygen atoms in total. The lowest BCUT2D eigenvalue weighted by Crippen LogP contribution is -2.22. The smallest absolute Gasteiger partial charge is 0.244 e. The number of nitrogens with one attached hydrogen (secondary N) is 1. The van der Waals surface area contributed by atoms with Gasteiger partial charge in [0.1, 0.15) is 11.6 Å². The standard InChI is InChI=1S/C19H23N3O2/c1-22-12-11-20-18(22)14-21-19(23)10-9-15-5-4-8-17(13-15)24-16-6-2-3-7-16/h4-5,8-13,16H,2-3,6-7,14H2,1H3,(H,21,23)/b10-9+. The van der Waals surface area contributed by atoms with Crippen LogP contribution in [-0.4, -0.2) is 21.6 Å². The summed E-state index contributed by atoms with van der Waals surface area (Å²) < 4.78 is 7.87. The van der Waals surface area contributed by atoms with Crippen molar-refractivity contribution in [1.29, 1.82) is 0 Å². The highest BCUT2D eigenvalue weighted by Crippen LogP contribution is 2.24. The molecule has 24 heavy (non-hydrogen) atoms. The van der Waals surface area contributed by atoms with Crippen LogP contribution in [0, 0.1) is 0 Å². The lowest BCUT2D eigenvalue weighted by molar-refractivity contribution is -0.116. The van der Waals surface area contributed by atoms with Crippen LogP contribution in [0.3, 0.4) is 0 Å². The Balaban J connectivity index is 1.53. The topological polar surface area (TPSA) is 56.2 Å². The predicted molar refractivity (Wildman–Crippen MR) is 93.4 cm³/mol. The Bertz CT molecular complexity index is 715. The highest BCUT2D eigenvalue weighted by molar-refractivity contribution is 5.91. The molecule has 0 bridgehead atoms. The summed E-state index contributed by atoms with van der Waals surface area (Å²) in [5.74, 6) is 1.56. The summed E-state index contributed by atoms with van der Waals surface area (Å²) in [7, 11) is 1.90. The van der Waals surface area contributed by atoms with E-state index in [4.69, 9.17) is 4.74 Å². The Morgan fingerprint density at radius 2 is 2.25 bits per heavy atom. The van der Waals surface area contributed by atoms with E-state index in [0.717, 1.165) is 30.0 Å². The van der Waals surface area contributed by atoms with Crippen molar-refractivity contribution in [2.75, 3.05) is 0 Å². The molecule has 1 aromatic carbocycles. The van der Waals surface area contributed by atoms with Gasteiger partial charge in [-0.15, -0.1) is 0 Å². The van der Waals surface area contributed by atoms with Crippen molar-refractivity contribution < 1.29 is 9.53 Å². The molecule has 0 radical (unpaired) electrons. The first-order chi connectivity index (χ1) is 11.7. The summed E-state index contributed by atoms with van der Waals surface area (Å²) in [6.07, 6.45) is 12.0. The van der Waals surface area contributed by atoms with Gasteiger partial charge in [-0.05, 0) is 49.5 Å². The average molecular weight is 325 g/mol. The van der Waals surface area contributed by atoms with Gasteiger partial charge in [0.05, 0.1) is 12.6 Å². The second-order valence-electron chi connectivity index (χ2n) is 6.10. The Labute approximate surface area is 142 Å². The molecule has 1 aromatic heterocycles. The molecule has 1 N–H and O–H groups in total. The number of rotatable bonds is 6. The van der Waals surface area contributed by atoms with E-state index in [9.17, 15) is 4.79 Å². The van der Waals surface area contributed by atoms with Crippen LogP contribution in [0.2, 0.25) is 0 Å². The maximum absolute atomic E-state index is 11.9. The summed E-state index contributed by atoms with van der Waals surface area (Å²) in [5.41, 5.74) is 0.956. The zero-order valence-electron chi connectivity index (χ0n) is 13.9. The Kier molecular flexibility index (Phi) is 5.31. The van der Waals surface area contributed by atoms with Gasteiger partial charge < -0.3 is 14.6 Å². The summed E-state index contributed by atoms with van der Waals surface area (Å²) in [5, 5.41) is 2.83. The van der Waals surface area contributed by atoms with Gasteiger partial charge in [-0.1, -0.05) is 12.1 Å². The van der Waals surface area contributed by atoms with Crippen molar-refractivity contribution in [3.63, 3.8) is 0 Å². The van der Waals surface area contributed by atoms with Crippen LogP contribution in [0.5, 0.6) is 5.75 Å². The zero-order chi connectivity index (χ0) is 16.8. The largest absolute Gasteiger partial charge is 0.490 e. The van der Waals surface area contributed by atoms with E-state index in [0.29, 0.717) is 12.6 Å². The number of ether oxygens (including phenoxy) is 1. The molecule has 1 aliphatic carbocycles. The number of amides is 1. The highest BCUT2D eigenvalue weighted by atomic mass is 16.5. The molecule has 3 rings (SSSR count). The molecule has 0 aliphatic heterocycles. The molecule has 1 heterocycles. The van der Waals surface area contributed by atoms with Crippen molar-refractivity contribution in [3.05, 3.63) is 54.1 Å². The third-order valence-electron chi connectivity index (χ3n) is 4.23. The van der Waals surface area contributed by atoms with Crippen molar-refractivity contribution in [3.8, 4) is 5.75 Å². The monoisotopic (exact) mass is 325 g/mol. The maximum atomic E-state index is 11.9. The molecule has 5 heteroatoms. The Morgan fingerprint density at radius 3 is 3.00 bits per heavy atom. The van der Waals surface area contributed by atoms with Crippen LogP contribution in [0.15, 0.2) is 42.7 Å². The summed E-state index contributed by atoms with van der Waals surface area (Å²) in [6, 6.07) is 7.86. The number of benzene rings is 1. The normalized spacial score (nSPS) is 15.0. The van der Waals surface area contributed by atoms with Crippen LogP contribution in [0.25, 0.3) is 6.08 Å². The number of imidazole rings is 1. The third-order valence-corrected chi connectivity index (χ3v) is 4.23. The minimum Gasteiger partial charge on any atom is -0.490 e. The van der Waals surface area contributed by atoms with E-state index in [2.05, 4.69) is 10.3 Å². The van der Waals surface area contributed by atoms with Gasteiger partial charge in [-0.2, -0.15) is 0 Å².